The lowest BCUT2D eigenvalue weighted by Gasteiger charge is -2.25. The number of sulfonamides is 1. The number of carbonyl (C=O) groups excluding carboxylic acids is 1. The fourth-order valence-corrected chi connectivity index (χ4v) is 3.58. The van der Waals surface area contributed by atoms with E-state index in [9.17, 15) is 13.2 Å². The van der Waals surface area contributed by atoms with Crippen LogP contribution in [0.4, 0.5) is 0 Å². The minimum atomic E-state index is -3.31. The third kappa shape index (κ3) is 2.63. The molecular formula is C11H20N2O3S. The van der Waals surface area contributed by atoms with Crippen molar-refractivity contribution < 1.29 is 13.2 Å². The van der Waals surface area contributed by atoms with E-state index >= 15 is 0 Å². The molecule has 1 aliphatic carbocycles. The molecular weight excluding hydrogens is 240 g/mol. The van der Waals surface area contributed by atoms with Crippen LogP contribution in [0.2, 0.25) is 0 Å². The van der Waals surface area contributed by atoms with Crippen LogP contribution in [0.3, 0.4) is 0 Å². The minimum absolute atomic E-state index is 0.116. The van der Waals surface area contributed by atoms with Gasteiger partial charge in [0.05, 0.1) is 5.25 Å². The molecule has 17 heavy (non-hydrogen) atoms. The van der Waals surface area contributed by atoms with Gasteiger partial charge in [0.1, 0.15) is 6.04 Å². The number of nitrogens with one attached hydrogen (secondary N) is 1. The number of carbonyl (C=O) groups is 1. The first-order chi connectivity index (χ1) is 7.93. The van der Waals surface area contributed by atoms with Crippen molar-refractivity contribution in [2.24, 2.45) is 0 Å². The van der Waals surface area contributed by atoms with Crippen LogP contribution < -0.4 is 5.32 Å². The summed E-state index contributed by atoms with van der Waals surface area (Å²) in [5.74, 6) is -0.116. The molecule has 1 amide bonds. The fraction of sp³-hybridized carbons (Fsp3) is 0.909. The number of nitrogens with zero attached hydrogens (tertiary/aromatic N) is 1. The summed E-state index contributed by atoms with van der Waals surface area (Å²) in [5.41, 5.74) is 0. The zero-order valence-electron chi connectivity index (χ0n) is 10.3. The van der Waals surface area contributed by atoms with Gasteiger partial charge in [0, 0.05) is 12.6 Å². The van der Waals surface area contributed by atoms with Crippen molar-refractivity contribution in [3.8, 4) is 0 Å². The van der Waals surface area contributed by atoms with Crippen LogP contribution in [0.5, 0.6) is 0 Å². The van der Waals surface area contributed by atoms with E-state index in [1.54, 1.807) is 13.8 Å². The summed E-state index contributed by atoms with van der Waals surface area (Å²) < 4.78 is 25.6. The normalized spacial score (nSPS) is 26.4. The summed E-state index contributed by atoms with van der Waals surface area (Å²) in [6.07, 6.45) is 3.46. The fourth-order valence-electron chi connectivity index (χ4n) is 2.10. The lowest BCUT2D eigenvalue weighted by Crippen LogP contribution is -2.48. The van der Waals surface area contributed by atoms with Crippen molar-refractivity contribution in [1.82, 2.24) is 9.62 Å². The second-order valence-electron chi connectivity index (χ2n) is 5.15. The second kappa shape index (κ2) is 4.57. The molecule has 2 aliphatic rings. The Kier molecular flexibility index (Phi) is 3.45. The lowest BCUT2D eigenvalue weighted by molar-refractivity contribution is -0.124. The Morgan fingerprint density at radius 2 is 1.94 bits per heavy atom. The first-order valence-electron chi connectivity index (χ1n) is 6.24. The van der Waals surface area contributed by atoms with Gasteiger partial charge in [-0.1, -0.05) is 0 Å². The Morgan fingerprint density at radius 1 is 1.29 bits per heavy atom. The molecule has 0 radical (unpaired) electrons. The van der Waals surface area contributed by atoms with Crippen LogP contribution in [0.15, 0.2) is 0 Å². The molecule has 1 unspecified atom stereocenters. The number of rotatable bonds is 4. The molecule has 1 aliphatic heterocycles. The van der Waals surface area contributed by atoms with Crippen LogP contribution in [0.25, 0.3) is 0 Å². The highest BCUT2D eigenvalue weighted by Crippen LogP contribution is 2.25. The van der Waals surface area contributed by atoms with E-state index in [0.717, 1.165) is 19.3 Å². The zero-order chi connectivity index (χ0) is 12.6. The molecule has 1 atom stereocenters. The first kappa shape index (κ1) is 12.8. The molecule has 6 heteroatoms. The smallest absolute Gasteiger partial charge is 0.238 e. The molecule has 0 bridgehead atoms. The number of hydrogen-bond donors (Lipinski definition) is 1. The van der Waals surface area contributed by atoms with E-state index in [-0.39, 0.29) is 11.9 Å². The summed E-state index contributed by atoms with van der Waals surface area (Å²) in [4.78, 5) is 12.0. The van der Waals surface area contributed by atoms with Gasteiger partial charge in [-0.3, -0.25) is 4.79 Å². The van der Waals surface area contributed by atoms with Crippen molar-refractivity contribution in [2.45, 2.75) is 56.9 Å². The van der Waals surface area contributed by atoms with E-state index in [4.69, 9.17) is 0 Å². The van der Waals surface area contributed by atoms with E-state index < -0.39 is 21.3 Å². The van der Waals surface area contributed by atoms with Crippen molar-refractivity contribution in [3.63, 3.8) is 0 Å². The first-order valence-corrected chi connectivity index (χ1v) is 7.74. The Morgan fingerprint density at radius 3 is 2.47 bits per heavy atom. The van der Waals surface area contributed by atoms with Gasteiger partial charge in [-0.15, -0.1) is 0 Å². The Labute approximate surface area is 103 Å². The van der Waals surface area contributed by atoms with E-state index in [1.807, 2.05) is 0 Å². The summed E-state index contributed by atoms with van der Waals surface area (Å²) in [5, 5.41) is 2.43. The molecule has 2 rings (SSSR count). The minimum Gasteiger partial charge on any atom is -0.352 e. The van der Waals surface area contributed by atoms with E-state index in [0.29, 0.717) is 13.0 Å². The molecule has 2 fully saturated rings. The van der Waals surface area contributed by atoms with Crippen LogP contribution in [0, 0.1) is 0 Å². The lowest BCUT2D eigenvalue weighted by atomic mass is 10.2. The van der Waals surface area contributed by atoms with Gasteiger partial charge in [0.2, 0.25) is 15.9 Å². The average Bonchev–Trinajstić information content (AvgIpc) is 2.92. The highest BCUT2D eigenvalue weighted by atomic mass is 32.2. The third-order valence-electron chi connectivity index (χ3n) is 3.35. The van der Waals surface area contributed by atoms with E-state index in [1.165, 1.54) is 4.31 Å². The van der Waals surface area contributed by atoms with Crippen LogP contribution in [0.1, 0.15) is 39.5 Å². The Bertz CT molecular complexity index is 401. The van der Waals surface area contributed by atoms with Crippen molar-refractivity contribution in [2.75, 3.05) is 6.54 Å². The molecule has 1 saturated carbocycles. The molecule has 0 aromatic carbocycles. The maximum Gasteiger partial charge on any atom is 0.238 e. The highest BCUT2D eigenvalue weighted by Gasteiger charge is 2.41. The van der Waals surface area contributed by atoms with Crippen LogP contribution in [-0.2, 0) is 14.8 Å². The molecule has 1 saturated heterocycles. The number of hydrogen-bond acceptors (Lipinski definition) is 3. The molecule has 0 spiro atoms. The number of amides is 1. The largest absolute Gasteiger partial charge is 0.352 e. The molecule has 0 aromatic heterocycles. The van der Waals surface area contributed by atoms with Gasteiger partial charge < -0.3 is 5.32 Å². The molecule has 1 heterocycles. The molecule has 1 N–H and O–H groups in total. The second-order valence-corrected chi connectivity index (χ2v) is 7.59. The van der Waals surface area contributed by atoms with Gasteiger partial charge in [0.25, 0.3) is 0 Å². The van der Waals surface area contributed by atoms with Crippen molar-refractivity contribution in [3.05, 3.63) is 0 Å². The van der Waals surface area contributed by atoms with Gasteiger partial charge >= 0.3 is 0 Å². The summed E-state index contributed by atoms with van der Waals surface area (Å²) >= 11 is 0. The van der Waals surface area contributed by atoms with Crippen LogP contribution >= 0.6 is 0 Å². The van der Waals surface area contributed by atoms with Gasteiger partial charge in [-0.2, -0.15) is 4.31 Å². The summed E-state index contributed by atoms with van der Waals surface area (Å²) in [6, 6.07) is -0.199. The molecule has 5 nitrogen and oxygen atoms in total. The van der Waals surface area contributed by atoms with Crippen LogP contribution in [-0.4, -0.2) is 42.5 Å². The van der Waals surface area contributed by atoms with Gasteiger partial charge in [-0.25, -0.2) is 8.42 Å². The maximum atomic E-state index is 12.1. The van der Waals surface area contributed by atoms with Gasteiger partial charge in [0.15, 0.2) is 0 Å². The standard InChI is InChI=1S/C11H20N2O3S/c1-8(2)17(15,16)13-7-3-4-10(13)11(14)12-9-5-6-9/h8-10H,3-7H2,1-2H3,(H,12,14). The Hall–Kier alpha value is -0.620. The predicted octanol–water partition coefficient (Wildman–Crippen LogP) is 0.468. The van der Waals surface area contributed by atoms with E-state index in [2.05, 4.69) is 5.32 Å². The van der Waals surface area contributed by atoms with Crippen molar-refractivity contribution in [1.29, 1.82) is 0 Å². The monoisotopic (exact) mass is 260 g/mol. The Balaban J connectivity index is 2.08. The SMILES string of the molecule is CC(C)S(=O)(=O)N1CCCC1C(=O)NC1CC1. The third-order valence-corrected chi connectivity index (χ3v) is 5.63. The van der Waals surface area contributed by atoms with Crippen molar-refractivity contribution >= 4 is 15.9 Å². The molecule has 98 valence electrons. The predicted molar refractivity (Wildman–Crippen MR) is 64.9 cm³/mol. The summed E-state index contributed by atoms with van der Waals surface area (Å²) in [6.45, 7) is 3.79. The molecule has 0 aromatic rings. The topological polar surface area (TPSA) is 66.5 Å². The maximum absolute atomic E-state index is 12.1. The van der Waals surface area contributed by atoms with Gasteiger partial charge in [-0.05, 0) is 39.5 Å². The summed E-state index contributed by atoms with van der Waals surface area (Å²) in [7, 11) is -3.31. The highest BCUT2D eigenvalue weighted by molar-refractivity contribution is 7.89. The quantitative estimate of drug-likeness (QED) is 0.799. The average molecular weight is 260 g/mol. The zero-order valence-corrected chi connectivity index (χ0v) is 11.2.